The van der Waals surface area contributed by atoms with Crippen LogP contribution < -0.4 is 0 Å². The minimum absolute atomic E-state index is 0.182. The van der Waals surface area contributed by atoms with Crippen LogP contribution in [0.5, 0.6) is 0 Å². The van der Waals surface area contributed by atoms with Gasteiger partial charge in [0.05, 0.1) is 11.0 Å². The van der Waals surface area contributed by atoms with Gasteiger partial charge in [0.15, 0.2) is 0 Å². The number of nitriles is 1. The van der Waals surface area contributed by atoms with Crippen molar-refractivity contribution in [2.45, 2.75) is 31.1 Å². The molecule has 114 valence electrons. The lowest BCUT2D eigenvalue weighted by Gasteiger charge is -2.24. The van der Waals surface area contributed by atoms with E-state index >= 15 is 0 Å². The highest BCUT2D eigenvalue weighted by atomic mass is 32.2. The lowest BCUT2D eigenvalue weighted by molar-refractivity contribution is 0.603. The third-order valence-electron chi connectivity index (χ3n) is 3.73. The Balaban J connectivity index is 2.37. The molecule has 1 aromatic carbocycles. The third-order valence-corrected chi connectivity index (χ3v) is 5.16. The van der Waals surface area contributed by atoms with Crippen molar-refractivity contribution in [1.29, 1.82) is 5.26 Å². The maximum absolute atomic E-state index is 12.0. The van der Waals surface area contributed by atoms with Gasteiger partial charge in [-0.25, -0.2) is 8.42 Å². The minimum atomic E-state index is -3.56. The molecule has 5 heteroatoms. The number of nitrogens with zero attached hydrogens (tertiary/aromatic N) is 1. The molecule has 0 spiro atoms. The van der Waals surface area contributed by atoms with Crippen molar-refractivity contribution in [3.8, 4) is 6.07 Å². The zero-order valence-corrected chi connectivity index (χ0v) is 13.6. The number of hydrogen-bond acceptors (Lipinski definition) is 3. The first kappa shape index (κ1) is 16.1. The number of aromatic nitrogens is 1. The monoisotopic (exact) mass is 314 g/mol. The molecule has 2 aromatic rings. The van der Waals surface area contributed by atoms with Crippen LogP contribution >= 0.6 is 0 Å². The van der Waals surface area contributed by atoms with Crippen LogP contribution in [0.15, 0.2) is 52.8 Å². The van der Waals surface area contributed by atoms with Crippen LogP contribution in [0, 0.1) is 18.3 Å². The van der Waals surface area contributed by atoms with Crippen molar-refractivity contribution in [3.05, 3.63) is 64.8 Å². The number of benzene rings is 1. The molecule has 1 aromatic heterocycles. The van der Waals surface area contributed by atoms with Gasteiger partial charge in [0.2, 0.25) is 9.84 Å². The molecule has 0 radical (unpaired) electrons. The maximum atomic E-state index is 12.0. The summed E-state index contributed by atoms with van der Waals surface area (Å²) >= 11 is 0. The normalized spacial score (nSPS) is 12.5. The second-order valence-corrected chi connectivity index (χ2v) is 7.51. The number of hydrogen-bond donors (Lipinski definition) is 1. The summed E-state index contributed by atoms with van der Waals surface area (Å²) in [6, 6.07) is 12.5. The van der Waals surface area contributed by atoms with E-state index < -0.39 is 9.84 Å². The van der Waals surface area contributed by atoms with E-state index in [0.717, 1.165) is 28.4 Å². The van der Waals surface area contributed by atoms with Crippen LogP contribution in [0.2, 0.25) is 0 Å². The number of sulfone groups is 1. The van der Waals surface area contributed by atoms with Crippen LogP contribution in [-0.2, 0) is 15.3 Å². The molecule has 0 atom stereocenters. The molecule has 0 saturated heterocycles. The molecule has 0 amide bonds. The van der Waals surface area contributed by atoms with E-state index in [1.807, 2.05) is 31.2 Å². The van der Waals surface area contributed by atoms with Crippen LogP contribution in [0.4, 0.5) is 0 Å². The number of aromatic amines is 1. The van der Waals surface area contributed by atoms with E-state index in [0.29, 0.717) is 0 Å². The van der Waals surface area contributed by atoms with Gasteiger partial charge in [-0.3, -0.25) is 0 Å². The lowest BCUT2D eigenvalue weighted by Crippen LogP contribution is -2.19. The summed E-state index contributed by atoms with van der Waals surface area (Å²) in [5.74, 6) is 0. The van der Waals surface area contributed by atoms with Crippen molar-refractivity contribution in [1.82, 2.24) is 4.98 Å². The first-order valence-corrected chi connectivity index (χ1v) is 8.40. The Morgan fingerprint density at radius 3 is 2.27 bits per heavy atom. The van der Waals surface area contributed by atoms with Crippen molar-refractivity contribution >= 4 is 9.84 Å². The Hall–Kier alpha value is -2.32. The molecule has 0 saturated carbocycles. The molecule has 0 aliphatic heterocycles. The summed E-state index contributed by atoms with van der Waals surface area (Å²) in [6.45, 7) is 6.16. The fraction of sp³-hybridized carbons (Fsp3) is 0.235. The van der Waals surface area contributed by atoms with Gasteiger partial charge in [-0.15, -0.1) is 0 Å². The first-order chi connectivity index (χ1) is 10.3. The minimum Gasteiger partial charge on any atom is -0.362 e. The molecule has 0 unspecified atom stereocenters. The molecule has 4 nitrogen and oxygen atoms in total. The second kappa shape index (κ2) is 5.82. The third kappa shape index (κ3) is 3.12. The van der Waals surface area contributed by atoms with Gasteiger partial charge in [-0.05, 0) is 36.8 Å². The molecule has 22 heavy (non-hydrogen) atoms. The highest BCUT2D eigenvalue weighted by molar-refractivity contribution is 7.94. The van der Waals surface area contributed by atoms with Crippen molar-refractivity contribution < 1.29 is 8.42 Å². The van der Waals surface area contributed by atoms with Crippen molar-refractivity contribution in [3.63, 3.8) is 0 Å². The summed E-state index contributed by atoms with van der Waals surface area (Å²) in [4.78, 5) is 3.50. The van der Waals surface area contributed by atoms with E-state index in [4.69, 9.17) is 5.26 Å². The highest BCUT2D eigenvalue weighted by Crippen LogP contribution is 2.31. The maximum Gasteiger partial charge on any atom is 0.200 e. The van der Waals surface area contributed by atoms with Crippen LogP contribution in [0.25, 0.3) is 0 Å². The smallest absolute Gasteiger partial charge is 0.200 e. The summed E-state index contributed by atoms with van der Waals surface area (Å²) in [6.07, 6.45) is 0.967. The van der Waals surface area contributed by atoms with E-state index in [-0.39, 0.29) is 10.3 Å². The fourth-order valence-corrected chi connectivity index (χ4v) is 3.20. The predicted molar refractivity (Wildman–Crippen MR) is 86.0 cm³/mol. The second-order valence-electron chi connectivity index (χ2n) is 5.68. The Bertz CT molecular complexity index is 836. The van der Waals surface area contributed by atoms with Gasteiger partial charge in [-0.1, -0.05) is 26.0 Å². The molecular formula is C17H18N2O2S. The van der Waals surface area contributed by atoms with Gasteiger partial charge in [0.25, 0.3) is 0 Å². The quantitative estimate of drug-likeness (QED) is 0.878. The molecule has 0 aliphatic carbocycles. The van der Waals surface area contributed by atoms with E-state index in [1.54, 1.807) is 18.2 Å². The molecule has 2 rings (SSSR count). The number of nitrogens with one attached hydrogen (secondary N) is 1. The molecule has 0 fully saturated rings. The summed E-state index contributed by atoms with van der Waals surface area (Å²) in [5.41, 5.74) is 2.92. The van der Waals surface area contributed by atoms with Gasteiger partial charge >= 0.3 is 0 Å². The Labute approximate surface area is 131 Å². The van der Waals surface area contributed by atoms with Crippen molar-refractivity contribution in [2.75, 3.05) is 0 Å². The van der Waals surface area contributed by atoms with E-state index in [1.165, 1.54) is 0 Å². The van der Waals surface area contributed by atoms with Crippen molar-refractivity contribution in [2.24, 2.45) is 0 Å². The molecule has 0 bridgehead atoms. The summed E-state index contributed by atoms with van der Waals surface area (Å²) in [7, 11) is -3.56. The SMILES string of the molecule is Cc1ccc(C(C)(C)c2ccc(S(=O)(=O)/C=C/C#N)cc2)[nH]1. The van der Waals surface area contributed by atoms with Crippen LogP contribution in [0.3, 0.4) is 0 Å². The van der Waals surface area contributed by atoms with E-state index in [9.17, 15) is 8.42 Å². The molecular weight excluding hydrogens is 296 g/mol. The fourth-order valence-electron chi connectivity index (χ4n) is 2.28. The van der Waals surface area contributed by atoms with Crippen LogP contribution in [-0.4, -0.2) is 13.4 Å². The van der Waals surface area contributed by atoms with Crippen LogP contribution in [0.1, 0.15) is 30.8 Å². The predicted octanol–water partition coefficient (Wildman–Crippen LogP) is 3.46. The largest absolute Gasteiger partial charge is 0.362 e. The number of aryl methyl sites for hydroxylation is 1. The van der Waals surface area contributed by atoms with E-state index in [2.05, 4.69) is 18.8 Å². The van der Waals surface area contributed by atoms with Gasteiger partial charge in [0.1, 0.15) is 0 Å². The molecule has 1 N–H and O–H groups in total. The average molecular weight is 314 g/mol. The summed E-state index contributed by atoms with van der Waals surface area (Å²) in [5, 5.41) is 9.37. The number of H-pyrrole nitrogens is 1. The zero-order chi connectivity index (χ0) is 16.4. The molecule has 0 aliphatic rings. The lowest BCUT2D eigenvalue weighted by atomic mass is 9.82. The van der Waals surface area contributed by atoms with Gasteiger partial charge < -0.3 is 4.98 Å². The Morgan fingerprint density at radius 1 is 1.14 bits per heavy atom. The van der Waals surface area contributed by atoms with Gasteiger partial charge in [0, 0.05) is 28.3 Å². The number of rotatable bonds is 4. The topological polar surface area (TPSA) is 73.7 Å². The highest BCUT2D eigenvalue weighted by Gasteiger charge is 2.25. The molecule has 1 heterocycles. The average Bonchev–Trinajstić information content (AvgIpc) is 2.93. The Kier molecular flexibility index (Phi) is 4.25. The Morgan fingerprint density at radius 2 is 1.77 bits per heavy atom. The standard InChI is InChI=1S/C17H18N2O2S/c1-13-5-10-16(19-13)17(2,3)14-6-8-15(9-7-14)22(20,21)12-4-11-18/h4-10,12,19H,1-3H3/b12-4+. The first-order valence-electron chi connectivity index (χ1n) is 6.85. The zero-order valence-electron chi connectivity index (χ0n) is 12.8. The van der Waals surface area contributed by atoms with Gasteiger partial charge in [-0.2, -0.15) is 5.26 Å². The summed E-state index contributed by atoms with van der Waals surface area (Å²) < 4.78 is 24.0. The number of allylic oxidation sites excluding steroid dienone is 1.